The molecule has 1 fully saturated rings. The molecule has 1 saturated heterocycles. The number of ether oxygens (including phenoxy) is 1. The molecule has 0 unspecified atom stereocenters. The number of nitrogens with one attached hydrogen (secondary N) is 2. The summed E-state index contributed by atoms with van der Waals surface area (Å²) in [5.74, 6) is 0.295. The van der Waals surface area contributed by atoms with E-state index in [1.54, 1.807) is 0 Å². The normalized spacial score (nSPS) is 16.6. The number of ketones is 1. The first-order chi connectivity index (χ1) is 14.6. The van der Waals surface area contributed by atoms with Gasteiger partial charge in [-0.2, -0.15) is 0 Å². The summed E-state index contributed by atoms with van der Waals surface area (Å²) < 4.78 is 6.36. The number of hydrogen-bond donors (Lipinski definition) is 2. The monoisotopic (exact) mass is 471 g/mol. The Hall–Kier alpha value is -2.38. The molecule has 2 heterocycles. The van der Waals surface area contributed by atoms with Crippen molar-refractivity contribution < 1.29 is 14.3 Å². The first kappa shape index (κ1) is 20.9. The van der Waals surface area contributed by atoms with Crippen LogP contribution in [0.25, 0.3) is 0 Å². The lowest BCUT2D eigenvalue weighted by molar-refractivity contribution is 0.0813. The average Bonchev–Trinajstić information content (AvgIpc) is 3.24. The van der Waals surface area contributed by atoms with Gasteiger partial charge in [-0.25, -0.2) is 4.79 Å². The molecule has 158 valence electrons. The van der Waals surface area contributed by atoms with Crippen LogP contribution in [0.5, 0.6) is 0 Å². The van der Waals surface area contributed by atoms with Crippen molar-refractivity contribution in [2.45, 2.75) is 19.3 Å². The zero-order valence-corrected chi connectivity index (χ0v) is 18.4. The van der Waals surface area contributed by atoms with Gasteiger partial charge in [-0.1, -0.05) is 34.1 Å². The molecule has 6 nitrogen and oxygen atoms in total. The molecule has 2 aromatic carbocycles. The number of piperidine rings is 1. The Morgan fingerprint density at radius 1 is 1.13 bits per heavy atom. The minimum absolute atomic E-state index is 0.0698. The van der Waals surface area contributed by atoms with Crippen LogP contribution in [0, 0.1) is 5.92 Å². The van der Waals surface area contributed by atoms with Gasteiger partial charge in [0.1, 0.15) is 6.61 Å². The molecule has 30 heavy (non-hydrogen) atoms. The number of anilines is 2. The van der Waals surface area contributed by atoms with E-state index in [9.17, 15) is 9.59 Å². The van der Waals surface area contributed by atoms with Gasteiger partial charge >= 0.3 is 6.09 Å². The quantitative estimate of drug-likeness (QED) is 0.604. The summed E-state index contributed by atoms with van der Waals surface area (Å²) in [6.07, 6.45) is 2.16. The van der Waals surface area contributed by atoms with Crippen LogP contribution in [-0.2, 0) is 11.2 Å². The molecule has 0 radical (unpaired) electrons. The van der Waals surface area contributed by atoms with E-state index in [2.05, 4.69) is 31.5 Å². The first-order valence-corrected chi connectivity index (χ1v) is 11.2. The summed E-state index contributed by atoms with van der Waals surface area (Å²) in [4.78, 5) is 27.1. The maximum Gasteiger partial charge on any atom is 0.411 e. The van der Waals surface area contributed by atoms with Crippen molar-refractivity contribution in [2.75, 3.05) is 43.4 Å². The fraction of sp³-hybridized carbons (Fsp3) is 0.391. The number of benzene rings is 2. The molecule has 4 rings (SSSR count). The second kappa shape index (κ2) is 9.62. The smallest absolute Gasteiger partial charge is 0.411 e. The summed E-state index contributed by atoms with van der Waals surface area (Å²) in [6, 6.07) is 13.4. The minimum atomic E-state index is -0.421. The van der Waals surface area contributed by atoms with Gasteiger partial charge < -0.3 is 10.1 Å². The molecule has 2 aliphatic heterocycles. The molecule has 1 amide bonds. The van der Waals surface area contributed by atoms with Crippen molar-refractivity contribution in [2.24, 2.45) is 5.92 Å². The number of halogens is 1. The van der Waals surface area contributed by atoms with Crippen LogP contribution in [0.1, 0.15) is 28.8 Å². The number of hydrogen-bond acceptors (Lipinski definition) is 5. The van der Waals surface area contributed by atoms with Gasteiger partial charge in [0.25, 0.3) is 0 Å². The van der Waals surface area contributed by atoms with Crippen molar-refractivity contribution in [3.05, 3.63) is 58.1 Å². The van der Waals surface area contributed by atoms with E-state index in [1.807, 2.05) is 42.5 Å². The van der Waals surface area contributed by atoms with Crippen LogP contribution in [0.2, 0.25) is 0 Å². The molecule has 2 aliphatic rings. The summed E-state index contributed by atoms with van der Waals surface area (Å²) >= 11 is 3.40. The van der Waals surface area contributed by atoms with E-state index in [0.717, 1.165) is 65.9 Å². The Morgan fingerprint density at radius 2 is 1.90 bits per heavy atom. The van der Waals surface area contributed by atoms with Crippen LogP contribution in [-0.4, -0.2) is 49.6 Å². The lowest BCUT2D eigenvalue weighted by atomic mass is 9.89. The topological polar surface area (TPSA) is 70.7 Å². The fourth-order valence-corrected chi connectivity index (χ4v) is 4.41. The third kappa shape index (κ3) is 5.02. The van der Waals surface area contributed by atoms with Gasteiger partial charge in [0.05, 0.1) is 0 Å². The second-order valence-electron chi connectivity index (χ2n) is 7.76. The highest BCUT2D eigenvalue weighted by atomic mass is 79.9. The Labute approximate surface area is 185 Å². The van der Waals surface area contributed by atoms with Gasteiger partial charge in [0, 0.05) is 46.0 Å². The number of nitrogens with zero attached hydrogens (tertiary/aromatic N) is 1. The third-order valence-corrected chi connectivity index (χ3v) is 6.36. The van der Waals surface area contributed by atoms with Gasteiger partial charge in [-0.15, -0.1) is 0 Å². The number of amides is 1. The lowest BCUT2D eigenvalue weighted by Crippen LogP contribution is -2.38. The van der Waals surface area contributed by atoms with Crippen LogP contribution < -0.4 is 10.6 Å². The summed E-state index contributed by atoms with van der Waals surface area (Å²) in [6.45, 7) is 3.60. The number of Topliss-reactive ketones (excluding diaryl/α,β-unsaturated/α-hetero) is 1. The third-order valence-electron chi connectivity index (χ3n) is 5.83. The number of rotatable bonds is 6. The number of carbonyl (C=O) groups is 2. The molecule has 0 aromatic heterocycles. The van der Waals surface area contributed by atoms with Gasteiger partial charge in [0.2, 0.25) is 0 Å². The maximum atomic E-state index is 12.7. The molecule has 7 heteroatoms. The predicted molar refractivity (Wildman–Crippen MR) is 121 cm³/mol. The lowest BCUT2D eigenvalue weighted by Gasteiger charge is -2.31. The summed E-state index contributed by atoms with van der Waals surface area (Å²) in [5.41, 5.74) is 3.80. The van der Waals surface area contributed by atoms with Crippen LogP contribution in [0.15, 0.2) is 46.9 Å². The van der Waals surface area contributed by atoms with E-state index in [4.69, 9.17) is 4.74 Å². The first-order valence-electron chi connectivity index (χ1n) is 10.4. The zero-order valence-electron chi connectivity index (χ0n) is 16.8. The Bertz CT molecular complexity index is 908. The SMILES string of the molecule is O=C(Nc1cccc2c1CCN2)OCCN1CCC(C(=O)c2ccc(Br)cc2)CC1. The van der Waals surface area contributed by atoms with E-state index in [1.165, 1.54) is 0 Å². The highest BCUT2D eigenvalue weighted by Crippen LogP contribution is 2.29. The second-order valence-corrected chi connectivity index (χ2v) is 8.67. The Balaban J connectivity index is 1.18. The van der Waals surface area contributed by atoms with Crippen LogP contribution >= 0.6 is 15.9 Å². The maximum absolute atomic E-state index is 12.7. The Kier molecular flexibility index (Phi) is 6.69. The largest absolute Gasteiger partial charge is 0.448 e. The molecule has 2 N–H and O–H groups in total. The van der Waals surface area contributed by atoms with Gasteiger partial charge in [-0.05, 0) is 56.6 Å². The van der Waals surface area contributed by atoms with Crippen molar-refractivity contribution in [3.63, 3.8) is 0 Å². The molecule has 2 aromatic rings. The highest BCUT2D eigenvalue weighted by Gasteiger charge is 2.25. The molecule has 0 atom stereocenters. The molecule has 0 saturated carbocycles. The van der Waals surface area contributed by atoms with Crippen molar-refractivity contribution in [3.8, 4) is 0 Å². The summed E-state index contributed by atoms with van der Waals surface area (Å²) in [7, 11) is 0. The number of likely N-dealkylation sites (tertiary alicyclic amines) is 1. The molecule has 0 spiro atoms. The van der Waals surface area contributed by atoms with E-state index < -0.39 is 6.09 Å². The average molecular weight is 472 g/mol. The van der Waals surface area contributed by atoms with Crippen LogP contribution in [0.4, 0.5) is 16.2 Å². The van der Waals surface area contributed by atoms with Gasteiger partial charge in [0.15, 0.2) is 5.78 Å². The van der Waals surface area contributed by atoms with Gasteiger partial charge in [-0.3, -0.25) is 15.0 Å². The minimum Gasteiger partial charge on any atom is -0.448 e. The van der Waals surface area contributed by atoms with Crippen molar-refractivity contribution in [1.29, 1.82) is 0 Å². The molecule has 0 aliphatic carbocycles. The number of carbonyl (C=O) groups excluding carboxylic acids is 2. The number of fused-ring (bicyclic) bond motifs is 1. The van der Waals surface area contributed by atoms with E-state index in [-0.39, 0.29) is 11.7 Å². The predicted octanol–water partition coefficient (Wildman–Crippen LogP) is 4.56. The van der Waals surface area contributed by atoms with E-state index >= 15 is 0 Å². The molecular formula is C23H26BrN3O3. The summed E-state index contributed by atoms with van der Waals surface area (Å²) in [5, 5.41) is 6.16. The zero-order chi connectivity index (χ0) is 20.9. The molecular weight excluding hydrogens is 446 g/mol. The van der Waals surface area contributed by atoms with Crippen molar-refractivity contribution >= 4 is 39.2 Å². The molecule has 0 bridgehead atoms. The van der Waals surface area contributed by atoms with Crippen molar-refractivity contribution in [1.82, 2.24) is 4.90 Å². The van der Waals surface area contributed by atoms with E-state index in [0.29, 0.717) is 13.2 Å². The highest BCUT2D eigenvalue weighted by molar-refractivity contribution is 9.10. The standard InChI is InChI=1S/C23H26BrN3O3/c24-18-6-4-16(5-7-18)22(28)17-9-12-27(13-10-17)14-15-30-23(29)26-21-3-1-2-20-19(21)8-11-25-20/h1-7,17,25H,8-15H2,(H,26,29). The van der Waals surface area contributed by atoms with Crippen LogP contribution in [0.3, 0.4) is 0 Å². The fourth-order valence-electron chi connectivity index (χ4n) is 4.14. The Morgan fingerprint density at radius 3 is 2.67 bits per heavy atom.